The van der Waals surface area contributed by atoms with Crippen molar-refractivity contribution in [3.8, 4) is 0 Å². The minimum atomic E-state index is -4.68. The fraction of sp³-hybridized carbons (Fsp3) is 0.333. The third-order valence-electron chi connectivity index (χ3n) is 5.26. The molecule has 170 valence electrons. The Bertz CT molecular complexity index is 1220. The fourth-order valence-corrected chi connectivity index (χ4v) is 8.05. The van der Waals surface area contributed by atoms with Gasteiger partial charge in [-0.1, -0.05) is 53.2 Å². The predicted octanol–water partition coefficient (Wildman–Crippen LogP) is 4.51. The van der Waals surface area contributed by atoms with E-state index < -0.39 is 43.8 Å². The number of sulfone groups is 1. The van der Waals surface area contributed by atoms with Crippen LogP contribution in [0.3, 0.4) is 0 Å². The third kappa shape index (κ3) is 4.82. The molecule has 0 bridgehead atoms. The fourth-order valence-electron chi connectivity index (χ4n) is 3.89. The van der Waals surface area contributed by atoms with Crippen LogP contribution in [-0.4, -0.2) is 42.3 Å². The van der Waals surface area contributed by atoms with Gasteiger partial charge in [-0.15, -0.1) is 0 Å². The number of carbonyl (C=O) groups is 1. The monoisotopic (exact) mass is 502 g/mol. The highest BCUT2D eigenvalue weighted by atomic mass is 35.5. The van der Waals surface area contributed by atoms with Gasteiger partial charge in [0.2, 0.25) is 0 Å². The third-order valence-corrected chi connectivity index (χ3v) is 8.80. The van der Waals surface area contributed by atoms with E-state index >= 15 is 0 Å². The van der Waals surface area contributed by atoms with E-state index in [0.717, 1.165) is 35.0 Å². The number of aliphatic imine (C=N–C) groups is 1. The van der Waals surface area contributed by atoms with E-state index in [1.54, 1.807) is 6.07 Å². The summed E-state index contributed by atoms with van der Waals surface area (Å²) in [5.74, 6) is -0.806. The molecule has 4 rings (SSSR count). The lowest BCUT2D eigenvalue weighted by molar-refractivity contribution is -0.137. The first-order valence-corrected chi connectivity index (χ1v) is 12.7. The van der Waals surface area contributed by atoms with Gasteiger partial charge in [0.25, 0.3) is 5.91 Å². The number of benzene rings is 2. The van der Waals surface area contributed by atoms with Crippen LogP contribution in [0.1, 0.15) is 16.7 Å². The van der Waals surface area contributed by atoms with E-state index in [-0.39, 0.29) is 28.8 Å². The van der Waals surface area contributed by atoms with Gasteiger partial charge < -0.3 is 4.90 Å². The van der Waals surface area contributed by atoms with Crippen molar-refractivity contribution in [1.29, 1.82) is 0 Å². The Labute approximate surface area is 192 Å². The van der Waals surface area contributed by atoms with Gasteiger partial charge >= 0.3 is 6.18 Å². The molecule has 2 fully saturated rings. The first kappa shape index (κ1) is 23.1. The van der Waals surface area contributed by atoms with Gasteiger partial charge in [-0.05, 0) is 30.7 Å². The minimum Gasteiger partial charge on any atom is -0.316 e. The number of amidine groups is 1. The molecule has 2 aliphatic heterocycles. The van der Waals surface area contributed by atoms with E-state index in [9.17, 15) is 26.4 Å². The molecule has 2 unspecified atom stereocenters. The second-order valence-corrected chi connectivity index (χ2v) is 11.6. The van der Waals surface area contributed by atoms with Crippen LogP contribution < -0.4 is 4.90 Å². The zero-order valence-corrected chi connectivity index (χ0v) is 19.2. The van der Waals surface area contributed by atoms with Gasteiger partial charge in [-0.25, -0.2) is 8.42 Å². The number of hydrogen-bond acceptors (Lipinski definition) is 4. The molecule has 11 heteroatoms. The number of rotatable bonds is 3. The molecule has 32 heavy (non-hydrogen) atoms. The molecule has 5 nitrogen and oxygen atoms in total. The standard InChI is InChI=1S/C21H18ClF3N2O3S2/c1-12-3-2-4-13(7-12)8-19(28)26-20-27(17-10-32(29,30)11-18(17)31-20)14-5-6-16(22)15(9-14)21(23,24)25/h2-7,9,17-18H,8,10-11H2,1H3. The molecule has 2 atom stereocenters. The molecule has 0 aliphatic carbocycles. The van der Waals surface area contributed by atoms with Gasteiger partial charge in [0.15, 0.2) is 15.0 Å². The summed E-state index contributed by atoms with van der Waals surface area (Å²) >= 11 is 6.85. The normalized spacial score (nSPS) is 23.5. The van der Waals surface area contributed by atoms with Crippen molar-refractivity contribution in [2.45, 2.75) is 30.8 Å². The molecule has 2 heterocycles. The number of fused-ring (bicyclic) bond motifs is 1. The molecule has 2 aromatic carbocycles. The number of halogens is 4. The Morgan fingerprint density at radius 2 is 1.97 bits per heavy atom. The number of aryl methyl sites for hydroxylation is 1. The molecule has 0 spiro atoms. The smallest absolute Gasteiger partial charge is 0.316 e. The van der Waals surface area contributed by atoms with Gasteiger partial charge in [-0.3, -0.25) is 4.79 Å². The van der Waals surface area contributed by atoms with E-state index in [1.807, 2.05) is 25.1 Å². The van der Waals surface area contributed by atoms with Gasteiger partial charge in [0, 0.05) is 10.9 Å². The lowest BCUT2D eigenvalue weighted by Gasteiger charge is -2.25. The minimum absolute atomic E-state index is 0.0294. The molecule has 2 aliphatic rings. The molecular weight excluding hydrogens is 485 g/mol. The summed E-state index contributed by atoms with van der Waals surface area (Å²) in [6.45, 7) is 1.90. The Morgan fingerprint density at radius 3 is 2.66 bits per heavy atom. The van der Waals surface area contributed by atoms with Crippen LogP contribution in [0.2, 0.25) is 5.02 Å². The highest BCUT2D eigenvalue weighted by Crippen LogP contribution is 2.43. The molecule has 0 aromatic heterocycles. The number of nitrogens with zero attached hydrogens (tertiary/aromatic N) is 2. The summed E-state index contributed by atoms with van der Waals surface area (Å²) < 4.78 is 64.5. The predicted molar refractivity (Wildman–Crippen MR) is 120 cm³/mol. The molecule has 2 saturated heterocycles. The first-order valence-electron chi connectivity index (χ1n) is 9.63. The second-order valence-electron chi connectivity index (χ2n) is 7.79. The Balaban J connectivity index is 1.71. The average molecular weight is 503 g/mol. The van der Waals surface area contributed by atoms with Crippen molar-refractivity contribution >= 4 is 50.0 Å². The Kier molecular flexibility index (Phi) is 6.06. The van der Waals surface area contributed by atoms with Crippen molar-refractivity contribution in [2.24, 2.45) is 4.99 Å². The maximum atomic E-state index is 13.4. The van der Waals surface area contributed by atoms with Crippen LogP contribution in [0.15, 0.2) is 47.5 Å². The van der Waals surface area contributed by atoms with Crippen molar-refractivity contribution < 1.29 is 26.4 Å². The highest BCUT2D eigenvalue weighted by molar-refractivity contribution is 8.16. The summed E-state index contributed by atoms with van der Waals surface area (Å²) in [6, 6.07) is 10.1. The quantitative estimate of drug-likeness (QED) is 0.617. The summed E-state index contributed by atoms with van der Waals surface area (Å²) in [6.07, 6.45) is -4.65. The molecule has 0 radical (unpaired) electrons. The number of thioether (sulfide) groups is 1. The molecule has 1 amide bonds. The van der Waals surface area contributed by atoms with Crippen molar-refractivity contribution in [3.05, 3.63) is 64.2 Å². The van der Waals surface area contributed by atoms with Crippen molar-refractivity contribution in [3.63, 3.8) is 0 Å². The zero-order valence-electron chi connectivity index (χ0n) is 16.8. The molecule has 0 saturated carbocycles. The summed E-state index contributed by atoms with van der Waals surface area (Å²) in [5, 5.41) is -0.684. The van der Waals surface area contributed by atoms with E-state index in [4.69, 9.17) is 11.6 Å². The van der Waals surface area contributed by atoms with Gasteiger partial charge in [0.05, 0.1) is 34.6 Å². The lowest BCUT2D eigenvalue weighted by Crippen LogP contribution is -2.38. The topological polar surface area (TPSA) is 66.8 Å². The van der Waals surface area contributed by atoms with Crippen LogP contribution >= 0.6 is 23.4 Å². The summed E-state index contributed by atoms with van der Waals surface area (Å²) in [7, 11) is -3.35. The Hall–Kier alpha value is -2.04. The van der Waals surface area contributed by atoms with E-state index in [2.05, 4.69) is 4.99 Å². The maximum Gasteiger partial charge on any atom is 0.417 e. The summed E-state index contributed by atoms with van der Waals surface area (Å²) in [4.78, 5) is 18.2. The van der Waals surface area contributed by atoms with E-state index in [1.165, 1.54) is 11.0 Å². The van der Waals surface area contributed by atoms with Gasteiger partial charge in [-0.2, -0.15) is 18.2 Å². The lowest BCUT2D eigenvalue weighted by atomic mass is 10.1. The van der Waals surface area contributed by atoms with Crippen molar-refractivity contribution in [2.75, 3.05) is 16.4 Å². The zero-order chi connectivity index (χ0) is 23.3. The maximum absolute atomic E-state index is 13.4. The van der Waals surface area contributed by atoms with Crippen LogP contribution in [0, 0.1) is 6.92 Å². The number of anilines is 1. The van der Waals surface area contributed by atoms with Crippen LogP contribution in [0.25, 0.3) is 0 Å². The van der Waals surface area contributed by atoms with Crippen LogP contribution in [0.5, 0.6) is 0 Å². The number of amides is 1. The van der Waals surface area contributed by atoms with Crippen LogP contribution in [0.4, 0.5) is 18.9 Å². The SMILES string of the molecule is Cc1cccc(CC(=O)N=C2SC3CS(=O)(=O)CC3N2c2ccc(Cl)c(C(F)(F)F)c2)c1. The average Bonchev–Trinajstić information content (AvgIpc) is 3.12. The summed E-state index contributed by atoms with van der Waals surface area (Å²) in [5.41, 5.74) is 0.820. The van der Waals surface area contributed by atoms with Crippen LogP contribution in [-0.2, 0) is 27.2 Å². The number of hydrogen-bond donors (Lipinski definition) is 0. The molecule has 2 aromatic rings. The largest absolute Gasteiger partial charge is 0.417 e. The van der Waals surface area contributed by atoms with Gasteiger partial charge in [0.1, 0.15) is 0 Å². The van der Waals surface area contributed by atoms with Crippen molar-refractivity contribution in [1.82, 2.24) is 0 Å². The second kappa shape index (κ2) is 8.39. The first-order chi connectivity index (χ1) is 14.9. The van der Waals surface area contributed by atoms with E-state index in [0.29, 0.717) is 0 Å². The molecule has 0 N–H and O–H groups in total. The number of alkyl halides is 3. The Morgan fingerprint density at radius 1 is 1.22 bits per heavy atom. The molecular formula is C21H18ClF3N2O3S2. The highest BCUT2D eigenvalue weighted by Gasteiger charge is 2.49. The number of carbonyl (C=O) groups excluding carboxylic acids is 1.